The fourth-order valence-electron chi connectivity index (χ4n) is 3.42. The molecule has 3 rings (SSSR count). The zero-order valence-corrected chi connectivity index (χ0v) is 13.9. The van der Waals surface area contributed by atoms with Crippen LogP contribution in [0.1, 0.15) is 30.1 Å². The predicted octanol–water partition coefficient (Wildman–Crippen LogP) is 1.93. The van der Waals surface area contributed by atoms with Gasteiger partial charge in [-0.3, -0.25) is 9.59 Å². The van der Waals surface area contributed by atoms with Gasteiger partial charge in [0.2, 0.25) is 5.91 Å². The Morgan fingerprint density at radius 3 is 2.58 bits per heavy atom. The van der Waals surface area contributed by atoms with E-state index >= 15 is 0 Å². The maximum absolute atomic E-state index is 13.0. The summed E-state index contributed by atoms with van der Waals surface area (Å²) >= 11 is 0. The number of nitrogens with zero attached hydrogens (tertiary/aromatic N) is 2. The lowest BCUT2D eigenvalue weighted by Gasteiger charge is -2.37. The molecule has 2 amide bonds. The van der Waals surface area contributed by atoms with E-state index in [1.165, 1.54) is 24.3 Å². The highest BCUT2D eigenvalue weighted by atomic mass is 19.1. The number of carbonyl (C=O) groups excluding carboxylic acids is 2. The van der Waals surface area contributed by atoms with E-state index in [2.05, 4.69) is 0 Å². The lowest BCUT2D eigenvalue weighted by Crippen LogP contribution is -2.51. The summed E-state index contributed by atoms with van der Waals surface area (Å²) in [6.07, 6.45) is 1.67. The van der Waals surface area contributed by atoms with Crippen LogP contribution in [0.3, 0.4) is 0 Å². The zero-order chi connectivity index (χ0) is 17.1. The first-order valence-corrected chi connectivity index (χ1v) is 8.50. The highest BCUT2D eigenvalue weighted by molar-refractivity contribution is 5.94. The summed E-state index contributed by atoms with van der Waals surface area (Å²) in [6, 6.07) is 5.56. The summed E-state index contributed by atoms with van der Waals surface area (Å²) in [5, 5.41) is 0. The third-order valence-electron chi connectivity index (χ3n) is 4.70. The average molecular weight is 334 g/mol. The van der Waals surface area contributed by atoms with Gasteiger partial charge in [0.15, 0.2) is 0 Å². The molecule has 1 aromatic rings. The molecule has 6 heteroatoms. The number of halogens is 1. The van der Waals surface area contributed by atoms with Crippen molar-refractivity contribution in [3.05, 3.63) is 35.6 Å². The van der Waals surface area contributed by atoms with Crippen LogP contribution in [0.15, 0.2) is 24.3 Å². The summed E-state index contributed by atoms with van der Waals surface area (Å²) in [6.45, 7) is 4.83. The quantitative estimate of drug-likeness (QED) is 0.830. The molecular formula is C18H23FN2O3. The van der Waals surface area contributed by atoms with Crippen molar-refractivity contribution in [1.29, 1.82) is 0 Å². The van der Waals surface area contributed by atoms with Gasteiger partial charge in [0.1, 0.15) is 5.82 Å². The Bertz CT molecular complexity index is 605. The summed E-state index contributed by atoms with van der Waals surface area (Å²) in [7, 11) is 0. The molecular weight excluding hydrogens is 311 g/mol. The Morgan fingerprint density at radius 1 is 1.12 bits per heavy atom. The molecule has 24 heavy (non-hydrogen) atoms. The van der Waals surface area contributed by atoms with Crippen LogP contribution in [0.4, 0.5) is 4.39 Å². The summed E-state index contributed by atoms with van der Waals surface area (Å²) < 4.78 is 18.5. The van der Waals surface area contributed by atoms with Crippen LogP contribution >= 0.6 is 0 Å². The van der Waals surface area contributed by atoms with Gasteiger partial charge in [-0.25, -0.2) is 4.39 Å². The monoisotopic (exact) mass is 334 g/mol. The van der Waals surface area contributed by atoms with E-state index in [4.69, 9.17) is 4.74 Å². The molecule has 2 saturated heterocycles. The third-order valence-corrected chi connectivity index (χ3v) is 4.70. The van der Waals surface area contributed by atoms with Crippen LogP contribution in [0.25, 0.3) is 0 Å². The van der Waals surface area contributed by atoms with Crippen LogP contribution in [0.5, 0.6) is 0 Å². The highest BCUT2D eigenvalue weighted by Gasteiger charge is 2.33. The van der Waals surface area contributed by atoms with E-state index < -0.39 is 0 Å². The van der Waals surface area contributed by atoms with E-state index in [0.29, 0.717) is 38.3 Å². The van der Waals surface area contributed by atoms with Gasteiger partial charge < -0.3 is 14.5 Å². The van der Waals surface area contributed by atoms with Gasteiger partial charge in [-0.05, 0) is 44.0 Å². The number of carbonyl (C=O) groups is 2. The van der Waals surface area contributed by atoms with Gasteiger partial charge in [0.05, 0.1) is 18.6 Å². The summed E-state index contributed by atoms with van der Waals surface area (Å²) in [5.41, 5.74) is 0.462. The summed E-state index contributed by atoms with van der Waals surface area (Å²) in [4.78, 5) is 28.9. The van der Waals surface area contributed by atoms with Crippen molar-refractivity contribution in [3.63, 3.8) is 0 Å². The predicted molar refractivity (Wildman–Crippen MR) is 87.0 cm³/mol. The number of hydrogen-bond acceptors (Lipinski definition) is 3. The Hall–Kier alpha value is -1.95. The number of piperidine rings is 1. The molecule has 2 aliphatic heterocycles. The zero-order valence-electron chi connectivity index (χ0n) is 13.9. The molecule has 130 valence electrons. The van der Waals surface area contributed by atoms with Crippen LogP contribution in [-0.4, -0.2) is 60.5 Å². The molecule has 5 nitrogen and oxygen atoms in total. The molecule has 0 N–H and O–H groups in total. The molecule has 2 aliphatic rings. The van der Waals surface area contributed by atoms with Crippen molar-refractivity contribution < 1.29 is 18.7 Å². The van der Waals surface area contributed by atoms with E-state index in [1.807, 2.05) is 11.8 Å². The van der Waals surface area contributed by atoms with Crippen molar-refractivity contribution in [2.24, 2.45) is 5.92 Å². The molecule has 2 unspecified atom stereocenters. The van der Waals surface area contributed by atoms with Crippen molar-refractivity contribution in [2.45, 2.75) is 25.9 Å². The molecule has 0 bridgehead atoms. The molecule has 0 spiro atoms. The topological polar surface area (TPSA) is 49.9 Å². The number of likely N-dealkylation sites (tertiary alicyclic amines) is 1. The lowest BCUT2D eigenvalue weighted by molar-refractivity contribution is -0.143. The SMILES string of the molecule is CC1CN(C(=O)C2CCCN(C(=O)c3ccc(F)cc3)C2)CCO1. The molecule has 2 atom stereocenters. The average Bonchev–Trinajstić information content (AvgIpc) is 2.61. The Balaban J connectivity index is 1.64. The summed E-state index contributed by atoms with van der Waals surface area (Å²) in [5.74, 6) is -0.544. The van der Waals surface area contributed by atoms with E-state index in [-0.39, 0.29) is 29.7 Å². The Kier molecular flexibility index (Phi) is 5.14. The van der Waals surface area contributed by atoms with Crippen molar-refractivity contribution in [3.8, 4) is 0 Å². The molecule has 2 heterocycles. The lowest BCUT2D eigenvalue weighted by atomic mass is 9.95. The molecule has 0 radical (unpaired) electrons. The van der Waals surface area contributed by atoms with E-state index in [1.54, 1.807) is 4.90 Å². The number of hydrogen-bond donors (Lipinski definition) is 0. The largest absolute Gasteiger partial charge is 0.375 e. The fourth-order valence-corrected chi connectivity index (χ4v) is 3.42. The smallest absolute Gasteiger partial charge is 0.253 e. The number of benzene rings is 1. The minimum absolute atomic E-state index is 0.0586. The minimum atomic E-state index is -0.361. The first kappa shape index (κ1) is 16.9. The number of ether oxygens (including phenoxy) is 1. The minimum Gasteiger partial charge on any atom is -0.375 e. The third kappa shape index (κ3) is 3.75. The van der Waals surface area contributed by atoms with Gasteiger partial charge in [-0.15, -0.1) is 0 Å². The molecule has 1 aromatic carbocycles. The van der Waals surface area contributed by atoms with Crippen molar-refractivity contribution in [2.75, 3.05) is 32.8 Å². The van der Waals surface area contributed by atoms with E-state index in [9.17, 15) is 14.0 Å². The van der Waals surface area contributed by atoms with Gasteiger partial charge in [-0.1, -0.05) is 0 Å². The van der Waals surface area contributed by atoms with Crippen LogP contribution in [0.2, 0.25) is 0 Å². The first-order chi connectivity index (χ1) is 11.5. The van der Waals surface area contributed by atoms with Crippen LogP contribution in [0, 0.1) is 11.7 Å². The van der Waals surface area contributed by atoms with Gasteiger partial charge in [0, 0.05) is 31.7 Å². The molecule has 0 aromatic heterocycles. The highest BCUT2D eigenvalue weighted by Crippen LogP contribution is 2.22. The number of rotatable bonds is 2. The number of morpholine rings is 1. The first-order valence-electron chi connectivity index (χ1n) is 8.50. The van der Waals surface area contributed by atoms with Gasteiger partial charge in [0.25, 0.3) is 5.91 Å². The number of amides is 2. The van der Waals surface area contributed by atoms with Gasteiger partial charge >= 0.3 is 0 Å². The maximum atomic E-state index is 13.0. The fraction of sp³-hybridized carbons (Fsp3) is 0.556. The second-order valence-electron chi connectivity index (χ2n) is 6.56. The van der Waals surface area contributed by atoms with Crippen molar-refractivity contribution in [1.82, 2.24) is 9.80 Å². The van der Waals surface area contributed by atoms with Crippen LogP contribution in [-0.2, 0) is 9.53 Å². The maximum Gasteiger partial charge on any atom is 0.253 e. The Morgan fingerprint density at radius 2 is 1.88 bits per heavy atom. The normalized spacial score (nSPS) is 24.8. The van der Waals surface area contributed by atoms with Crippen molar-refractivity contribution >= 4 is 11.8 Å². The molecule has 0 saturated carbocycles. The van der Waals surface area contributed by atoms with Gasteiger partial charge in [-0.2, -0.15) is 0 Å². The van der Waals surface area contributed by atoms with Crippen LogP contribution < -0.4 is 0 Å². The standard InChI is InChI=1S/C18H23FN2O3/c1-13-11-21(9-10-24-13)18(23)15-3-2-8-20(12-15)17(22)14-4-6-16(19)7-5-14/h4-7,13,15H,2-3,8-12H2,1H3. The second kappa shape index (κ2) is 7.30. The van der Waals surface area contributed by atoms with E-state index in [0.717, 1.165) is 12.8 Å². The Labute approximate surface area is 141 Å². The molecule has 2 fully saturated rings. The molecule has 0 aliphatic carbocycles. The second-order valence-corrected chi connectivity index (χ2v) is 6.56.